The molecule has 0 aromatic carbocycles. The van der Waals surface area contributed by atoms with E-state index in [1.807, 2.05) is 6.07 Å². The summed E-state index contributed by atoms with van der Waals surface area (Å²) in [5.41, 5.74) is 0.823. The van der Waals surface area contributed by atoms with Crippen LogP contribution >= 0.6 is 0 Å². The lowest BCUT2D eigenvalue weighted by Crippen LogP contribution is -2.22. The van der Waals surface area contributed by atoms with Gasteiger partial charge in [-0.2, -0.15) is 0 Å². The zero-order valence-corrected chi connectivity index (χ0v) is 10.7. The van der Waals surface area contributed by atoms with Crippen LogP contribution in [0.5, 0.6) is 0 Å². The smallest absolute Gasteiger partial charge is 0.162 e. The molecule has 0 radical (unpaired) electrons. The van der Waals surface area contributed by atoms with Crippen LogP contribution in [0.4, 0.5) is 0 Å². The van der Waals surface area contributed by atoms with E-state index in [0.29, 0.717) is 6.61 Å². The molecule has 0 saturated heterocycles. The van der Waals surface area contributed by atoms with E-state index in [1.165, 1.54) is 0 Å². The summed E-state index contributed by atoms with van der Waals surface area (Å²) in [6.07, 6.45) is 0.978. The Morgan fingerprint density at radius 1 is 1.44 bits per heavy atom. The molecule has 0 amide bonds. The van der Waals surface area contributed by atoms with Crippen LogP contribution in [-0.2, 0) is 17.9 Å². The Kier molecular flexibility index (Phi) is 4.96. The van der Waals surface area contributed by atoms with Crippen LogP contribution < -0.4 is 5.32 Å². The normalized spacial score (nSPS) is 12.0. The zero-order valence-electron chi connectivity index (χ0n) is 10.7. The van der Waals surface area contributed by atoms with Crippen LogP contribution in [-0.4, -0.2) is 17.3 Å². The highest BCUT2D eigenvalue weighted by atomic mass is 16.5. The van der Waals surface area contributed by atoms with Gasteiger partial charge in [0.1, 0.15) is 6.61 Å². The summed E-state index contributed by atoms with van der Waals surface area (Å²) in [6.45, 7) is 10.5. The molecule has 1 rings (SSSR count). The van der Waals surface area contributed by atoms with Crippen molar-refractivity contribution in [3.63, 3.8) is 0 Å². The van der Waals surface area contributed by atoms with Gasteiger partial charge < -0.3 is 14.6 Å². The topological polar surface area (TPSA) is 47.3 Å². The Hall–Kier alpha value is -0.870. The molecule has 1 aromatic rings. The van der Waals surface area contributed by atoms with E-state index in [-0.39, 0.29) is 5.60 Å². The molecule has 1 aromatic heterocycles. The van der Waals surface area contributed by atoms with Crippen LogP contribution in [0.3, 0.4) is 0 Å². The van der Waals surface area contributed by atoms with Gasteiger partial charge in [-0.05, 0) is 26.8 Å². The quantitative estimate of drug-likeness (QED) is 0.776. The Labute approximate surface area is 97.3 Å². The average Bonchev–Trinajstić information content (AvgIpc) is 2.72. The van der Waals surface area contributed by atoms with Crippen LogP contribution in [0.25, 0.3) is 0 Å². The van der Waals surface area contributed by atoms with Gasteiger partial charge in [-0.3, -0.25) is 0 Å². The van der Waals surface area contributed by atoms with E-state index in [9.17, 15) is 0 Å². The number of rotatable bonds is 7. The van der Waals surface area contributed by atoms with E-state index < -0.39 is 0 Å². The molecule has 0 aliphatic carbocycles. The van der Waals surface area contributed by atoms with Crippen molar-refractivity contribution in [3.8, 4) is 0 Å². The molecule has 0 unspecified atom stereocenters. The molecule has 1 N–H and O–H groups in total. The monoisotopic (exact) mass is 226 g/mol. The van der Waals surface area contributed by atoms with E-state index in [4.69, 9.17) is 9.26 Å². The highest BCUT2D eigenvalue weighted by molar-refractivity contribution is 5.04. The molecule has 0 spiro atoms. The molecular formula is C12H22N2O2. The average molecular weight is 226 g/mol. The predicted octanol–water partition coefficient (Wildman–Crippen LogP) is 2.49. The second-order valence-corrected chi connectivity index (χ2v) is 4.47. The second kappa shape index (κ2) is 6.01. The Bertz CT molecular complexity index is 308. The van der Waals surface area contributed by atoms with Gasteiger partial charge in [0.2, 0.25) is 0 Å². The van der Waals surface area contributed by atoms with Gasteiger partial charge in [-0.1, -0.05) is 19.0 Å². The number of ether oxygens (including phenoxy) is 1. The zero-order chi connectivity index (χ0) is 12.0. The van der Waals surface area contributed by atoms with Crippen molar-refractivity contribution >= 4 is 0 Å². The number of aromatic nitrogens is 1. The van der Waals surface area contributed by atoms with Crippen LogP contribution in [0.1, 0.15) is 45.6 Å². The summed E-state index contributed by atoms with van der Waals surface area (Å²) >= 11 is 0. The van der Waals surface area contributed by atoms with Crippen LogP contribution in [0.15, 0.2) is 10.6 Å². The van der Waals surface area contributed by atoms with Gasteiger partial charge in [0.25, 0.3) is 0 Å². The first-order valence-electron chi connectivity index (χ1n) is 5.86. The minimum Gasteiger partial charge on any atom is -0.368 e. The number of hydrogen-bond donors (Lipinski definition) is 1. The van der Waals surface area contributed by atoms with E-state index in [0.717, 1.165) is 31.0 Å². The first-order chi connectivity index (χ1) is 7.57. The molecule has 0 fully saturated rings. The molecule has 0 aliphatic rings. The van der Waals surface area contributed by atoms with Crippen molar-refractivity contribution in [1.29, 1.82) is 0 Å². The highest BCUT2D eigenvalue weighted by Gasteiger charge is 2.16. The van der Waals surface area contributed by atoms with Crippen molar-refractivity contribution in [1.82, 2.24) is 10.5 Å². The van der Waals surface area contributed by atoms with Gasteiger partial charge in [-0.25, -0.2) is 0 Å². The molecule has 0 aliphatic heterocycles. The minimum absolute atomic E-state index is 0.103. The third kappa shape index (κ3) is 4.33. The van der Waals surface area contributed by atoms with E-state index in [1.54, 1.807) is 0 Å². The number of nitrogens with one attached hydrogen (secondary N) is 1. The SMILES string of the molecule is CCNCc1cc(COC(C)(C)CC)on1. The predicted molar refractivity (Wildman–Crippen MR) is 63.0 cm³/mol. The molecule has 4 nitrogen and oxygen atoms in total. The summed E-state index contributed by atoms with van der Waals surface area (Å²) < 4.78 is 10.9. The standard InChI is InChI=1S/C12H22N2O2/c1-5-12(3,4)15-9-11-7-10(14-16-11)8-13-6-2/h7,13H,5-6,8-9H2,1-4H3. The van der Waals surface area contributed by atoms with Gasteiger partial charge in [0, 0.05) is 12.6 Å². The molecule has 1 heterocycles. The fourth-order valence-corrected chi connectivity index (χ4v) is 1.13. The van der Waals surface area contributed by atoms with Crippen LogP contribution in [0, 0.1) is 0 Å². The maximum atomic E-state index is 5.73. The molecule has 16 heavy (non-hydrogen) atoms. The van der Waals surface area contributed by atoms with Crippen molar-refractivity contribution < 1.29 is 9.26 Å². The first-order valence-corrected chi connectivity index (χ1v) is 5.86. The molecular weight excluding hydrogens is 204 g/mol. The van der Waals surface area contributed by atoms with Gasteiger partial charge in [0.05, 0.1) is 11.3 Å². The minimum atomic E-state index is -0.103. The summed E-state index contributed by atoms with van der Waals surface area (Å²) in [4.78, 5) is 0. The van der Waals surface area contributed by atoms with E-state index in [2.05, 4.69) is 38.2 Å². The maximum absolute atomic E-state index is 5.73. The number of nitrogens with zero attached hydrogens (tertiary/aromatic N) is 1. The fraction of sp³-hybridized carbons (Fsp3) is 0.750. The first kappa shape index (κ1) is 13.2. The molecule has 0 saturated carbocycles. The molecule has 0 bridgehead atoms. The summed E-state index contributed by atoms with van der Waals surface area (Å²) in [5, 5.41) is 7.16. The van der Waals surface area contributed by atoms with Gasteiger partial charge in [0.15, 0.2) is 5.76 Å². The third-order valence-corrected chi connectivity index (χ3v) is 2.62. The van der Waals surface area contributed by atoms with Gasteiger partial charge in [-0.15, -0.1) is 0 Å². The summed E-state index contributed by atoms with van der Waals surface area (Å²) in [7, 11) is 0. The molecule has 4 heteroatoms. The Balaban J connectivity index is 2.40. The lowest BCUT2D eigenvalue weighted by Gasteiger charge is -2.22. The highest BCUT2D eigenvalue weighted by Crippen LogP contribution is 2.16. The van der Waals surface area contributed by atoms with E-state index >= 15 is 0 Å². The lowest BCUT2D eigenvalue weighted by atomic mass is 10.1. The fourth-order valence-electron chi connectivity index (χ4n) is 1.13. The maximum Gasteiger partial charge on any atom is 0.162 e. The third-order valence-electron chi connectivity index (χ3n) is 2.62. The van der Waals surface area contributed by atoms with Crippen molar-refractivity contribution in [2.75, 3.05) is 6.54 Å². The lowest BCUT2D eigenvalue weighted by molar-refractivity contribution is -0.0398. The largest absolute Gasteiger partial charge is 0.368 e. The van der Waals surface area contributed by atoms with Crippen molar-refractivity contribution in [3.05, 3.63) is 17.5 Å². The molecule has 0 atom stereocenters. The van der Waals surface area contributed by atoms with Crippen molar-refractivity contribution in [2.24, 2.45) is 0 Å². The Morgan fingerprint density at radius 3 is 2.81 bits per heavy atom. The summed E-state index contributed by atoms with van der Waals surface area (Å²) in [5.74, 6) is 0.787. The number of hydrogen-bond acceptors (Lipinski definition) is 4. The summed E-state index contributed by atoms with van der Waals surface area (Å²) in [6, 6.07) is 1.94. The Morgan fingerprint density at radius 2 is 2.19 bits per heavy atom. The second-order valence-electron chi connectivity index (χ2n) is 4.47. The van der Waals surface area contributed by atoms with Crippen molar-refractivity contribution in [2.45, 2.75) is 52.9 Å². The molecule has 92 valence electrons. The van der Waals surface area contributed by atoms with Gasteiger partial charge >= 0.3 is 0 Å². The van der Waals surface area contributed by atoms with Crippen LogP contribution in [0.2, 0.25) is 0 Å².